The molecular weight excluding hydrogens is 250 g/mol. The number of thiazole rings is 1. The summed E-state index contributed by atoms with van der Waals surface area (Å²) in [5, 5.41) is 12.0. The van der Waals surface area contributed by atoms with Crippen LogP contribution in [-0.2, 0) is 13.0 Å². The number of hydrogen-bond donors (Lipinski definition) is 3. The van der Waals surface area contributed by atoms with Crippen molar-refractivity contribution in [3.63, 3.8) is 0 Å². The molecule has 96 valence electrons. The molecule has 0 atom stereocenters. The topological polar surface area (TPSA) is 96.7 Å². The first-order valence-corrected chi connectivity index (χ1v) is 6.61. The van der Waals surface area contributed by atoms with E-state index in [1.54, 1.807) is 5.38 Å². The highest BCUT2D eigenvalue weighted by Gasteiger charge is 2.11. The summed E-state index contributed by atoms with van der Waals surface area (Å²) in [7, 11) is 0. The van der Waals surface area contributed by atoms with Crippen molar-refractivity contribution < 1.29 is 4.79 Å². The van der Waals surface area contributed by atoms with Crippen LogP contribution in [0.25, 0.3) is 0 Å². The van der Waals surface area contributed by atoms with E-state index in [1.165, 1.54) is 11.3 Å². The van der Waals surface area contributed by atoms with Gasteiger partial charge in [0.15, 0.2) is 5.82 Å². The number of anilines is 1. The van der Waals surface area contributed by atoms with Crippen molar-refractivity contribution in [3.8, 4) is 0 Å². The number of aryl methyl sites for hydroxylation is 1. The van der Waals surface area contributed by atoms with E-state index in [0.29, 0.717) is 18.1 Å². The Hall–Kier alpha value is -1.73. The van der Waals surface area contributed by atoms with Crippen molar-refractivity contribution in [1.82, 2.24) is 15.2 Å². The van der Waals surface area contributed by atoms with E-state index >= 15 is 0 Å². The molecule has 0 aliphatic rings. The Morgan fingerprint density at radius 1 is 1.61 bits per heavy atom. The molecule has 7 heteroatoms. The van der Waals surface area contributed by atoms with Gasteiger partial charge in [-0.2, -0.15) is 5.10 Å². The van der Waals surface area contributed by atoms with Gasteiger partial charge in [-0.15, -0.1) is 11.3 Å². The van der Waals surface area contributed by atoms with Gasteiger partial charge in [0.1, 0.15) is 10.7 Å². The molecule has 0 aliphatic heterocycles. The van der Waals surface area contributed by atoms with Crippen molar-refractivity contribution in [2.75, 3.05) is 5.32 Å². The van der Waals surface area contributed by atoms with Gasteiger partial charge in [0.25, 0.3) is 5.91 Å². The summed E-state index contributed by atoms with van der Waals surface area (Å²) in [6.07, 6.45) is 1.94. The number of aromatic amines is 1. The predicted molar refractivity (Wildman–Crippen MR) is 70.5 cm³/mol. The molecule has 2 aromatic heterocycles. The lowest BCUT2D eigenvalue weighted by Crippen LogP contribution is -2.13. The highest BCUT2D eigenvalue weighted by molar-refractivity contribution is 7.09. The number of carbonyl (C=O) groups excluding carboxylic acids is 1. The zero-order valence-corrected chi connectivity index (χ0v) is 10.9. The van der Waals surface area contributed by atoms with Gasteiger partial charge >= 0.3 is 0 Å². The number of carbonyl (C=O) groups is 1. The van der Waals surface area contributed by atoms with E-state index in [4.69, 9.17) is 5.73 Å². The summed E-state index contributed by atoms with van der Waals surface area (Å²) < 4.78 is 0. The molecular formula is C11H15N5OS. The zero-order chi connectivity index (χ0) is 13.0. The summed E-state index contributed by atoms with van der Waals surface area (Å²) in [5.74, 6) is 0.256. The standard InChI is InChI=1S/C11H15N5OS/c1-2-3-7-4-9(16-15-7)14-11(17)8-6-18-10(5-12)13-8/h4,6H,2-3,5,12H2,1H3,(H2,14,15,16,17). The third-order valence-corrected chi connectivity index (χ3v) is 3.22. The number of amides is 1. The summed E-state index contributed by atoms with van der Waals surface area (Å²) in [4.78, 5) is 16.0. The van der Waals surface area contributed by atoms with E-state index in [9.17, 15) is 4.79 Å². The van der Waals surface area contributed by atoms with Crippen LogP contribution >= 0.6 is 11.3 Å². The van der Waals surface area contributed by atoms with E-state index in [2.05, 4.69) is 27.4 Å². The second-order valence-corrected chi connectivity index (χ2v) is 4.76. The monoisotopic (exact) mass is 265 g/mol. The van der Waals surface area contributed by atoms with Crippen LogP contribution < -0.4 is 11.1 Å². The first-order chi connectivity index (χ1) is 8.72. The minimum absolute atomic E-state index is 0.263. The second kappa shape index (κ2) is 5.74. The average molecular weight is 265 g/mol. The number of nitrogens with zero attached hydrogens (tertiary/aromatic N) is 2. The molecule has 0 aromatic carbocycles. The number of rotatable bonds is 5. The van der Waals surface area contributed by atoms with Crippen LogP contribution in [0.15, 0.2) is 11.4 Å². The molecule has 0 saturated heterocycles. The maximum atomic E-state index is 11.8. The van der Waals surface area contributed by atoms with Crippen molar-refractivity contribution >= 4 is 23.1 Å². The Kier molecular flexibility index (Phi) is 4.06. The van der Waals surface area contributed by atoms with E-state index in [0.717, 1.165) is 23.5 Å². The van der Waals surface area contributed by atoms with Crippen molar-refractivity contribution in [1.29, 1.82) is 0 Å². The third-order valence-electron chi connectivity index (χ3n) is 2.35. The molecule has 0 bridgehead atoms. The molecule has 1 amide bonds. The van der Waals surface area contributed by atoms with Crippen LogP contribution in [0.2, 0.25) is 0 Å². The van der Waals surface area contributed by atoms with E-state index < -0.39 is 0 Å². The fourth-order valence-electron chi connectivity index (χ4n) is 1.51. The summed E-state index contributed by atoms with van der Waals surface area (Å²) in [6, 6.07) is 1.83. The van der Waals surface area contributed by atoms with Crippen LogP contribution in [-0.4, -0.2) is 21.1 Å². The van der Waals surface area contributed by atoms with Crippen LogP contribution in [0, 0.1) is 0 Å². The lowest BCUT2D eigenvalue weighted by atomic mass is 10.2. The largest absolute Gasteiger partial charge is 0.325 e. The lowest BCUT2D eigenvalue weighted by Gasteiger charge is -1.97. The van der Waals surface area contributed by atoms with Gasteiger partial charge in [-0.05, 0) is 6.42 Å². The number of aromatic nitrogens is 3. The van der Waals surface area contributed by atoms with Crippen LogP contribution in [0.1, 0.15) is 34.5 Å². The maximum Gasteiger partial charge on any atom is 0.276 e. The first kappa shape index (κ1) is 12.7. The number of nitrogens with two attached hydrogens (primary N) is 1. The van der Waals surface area contributed by atoms with Crippen molar-refractivity contribution in [3.05, 3.63) is 27.8 Å². The molecule has 18 heavy (non-hydrogen) atoms. The van der Waals surface area contributed by atoms with Gasteiger partial charge < -0.3 is 11.1 Å². The second-order valence-electron chi connectivity index (χ2n) is 3.81. The van der Waals surface area contributed by atoms with E-state index in [1.807, 2.05) is 6.07 Å². The molecule has 6 nitrogen and oxygen atoms in total. The van der Waals surface area contributed by atoms with Crippen LogP contribution in [0.3, 0.4) is 0 Å². The molecule has 0 radical (unpaired) electrons. The van der Waals surface area contributed by atoms with Gasteiger partial charge in [0.05, 0.1) is 0 Å². The number of hydrogen-bond acceptors (Lipinski definition) is 5. The molecule has 2 aromatic rings. The molecule has 0 spiro atoms. The molecule has 0 unspecified atom stereocenters. The Balaban J connectivity index is 2.01. The summed E-state index contributed by atoms with van der Waals surface area (Å²) in [5.41, 5.74) is 6.83. The van der Waals surface area contributed by atoms with Crippen molar-refractivity contribution in [2.24, 2.45) is 5.73 Å². The normalized spacial score (nSPS) is 10.6. The lowest BCUT2D eigenvalue weighted by molar-refractivity contribution is 0.102. The van der Waals surface area contributed by atoms with Gasteiger partial charge in [-0.25, -0.2) is 4.98 Å². The predicted octanol–water partition coefficient (Wildman–Crippen LogP) is 1.53. The van der Waals surface area contributed by atoms with Crippen LogP contribution in [0.4, 0.5) is 5.82 Å². The van der Waals surface area contributed by atoms with Gasteiger partial charge in [0.2, 0.25) is 0 Å². The molecule has 4 N–H and O–H groups in total. The fourth-order valence-corrected chi connectivity index (χ4v) is 2.17. The third kappa shape index (κ3) is 2.93. The van der Waals surface area contributed by atoms with E-state index in [-0.39, 0.29) is 5.91 Å². The SMILES string of the molecule is CCCc1cc(NC(=O)c2csc(CN)n2)n[nH]1. The number of H-pyrrole nitrogens is 1. The van der Waals surface area contributed by atoms with Crippen molar-refractivity contribution in [2.45, 2.75) is 26.3 Å². The highest BCUT2D eigenvalue weighted by Crippen LogP contribution is 2.12. The Bertz CT molecular complexity index is 533. The molecule has 0 aliphatic carbocycles. The number of nitrogens with one attached hydrogen (secondary N) is 2. The zero-order valence-electron chi connectivity index (χ0n) is 10.1. The summed E-state index contributed by atoms with van der Waals surface area (Å²) in [6.45, 7) is 2.43. The Morgan fingerprint density at radius 2 is 2.44 bits per heavy atom. The summed E-state index contributed by atoms with van der Waals surface area (Å²) >= 11 is 1.38. The molecule has 0 saturated carbocycles. The minimum atomic E-state index is -0.263. The Morgan fingerprint density at radius 3 is 3.11 bits per heavy atom. The molecule has 2 rings (SSSR count). The molecule has 0 fully saturated rings. The van der Waals surface area contributed by atoms with Gasteiger partial charge in [0, 0.05) is 23.7 Å². The highest BCUT2D eigenvalue weighted by atomic mass is 32.1. The smallest absolute Gasteiger partial charge is 0.276 e. The van der Waals surface area contributed by atoms with Crippen LogP contribution in [0.5, 0.6) is 0 Å². The van der Waals surface area contributed by atoms with Gasteiger partial charge in [-0.3, -0.25) is 9.89 Å². The first-order valence-electron chi connectivity index (χ1n) is 5.73. The fraction of sp³-hybridized carbons (Fsp3) is 0.364. The average Bonchev–Trinajstić information content (AvgIpc) is 2.98. The van der Waals surface area contributed by atoms with Gasteiger partial charge in [-0.1, -0.05) is 13.3 Å². The minimum Gasteiger partial charge on any atom is -0.325 e. The molecule has 2 heterocycles. The Labute approximate surface area is 109 Å². The maximum absolute atomic E-state index is 11.8. The quantitative estimate of drug-likeness (QED) is 0.763.